The first-order valence-corrected chi connectivity index (χ1v) is 7.43. The number of nitrogens with one attached hydrogen (secondary N) is 2. The maximum atomic E-state index is 4.36. The molecular weight excluding hydrogens is 232 g/mol. The normalized spacial score (nSPS) is 12.2. The van der Waals surface area contributed by atoms with Crippen molar-refractivity contribution in [2.24, 2.45) is 0 Å². The molecule has 0 spiro atoms. The maximum Gasteiger partial charge on any atom is 0.134 e. The van der Waals surface area contributed by atoms with Gasteiger partial charge in [0.2, 0.25) is 0 Å². The SMILES string of the molecule is CCc1c(NC)ncnc1NC(CC)CSC. The molecule has 1 aromatic heterocycles. The molecule has 1 rings (SSSR count). The van der Waals surface area contributed by atoms with Crippen molar-refractivity contribution in [1.82, 2.24) is 9.97 Å². The van der Waals surface area contributed by atoms with Crippen molar-refractivity contribution < 1.29 is 0 Å². The van der Waals surface area contributed by atoms with E-state index in [-0.39, 0.29) is 0 Å². The zero-order valence-electron chi connectivity index (χ0n) is 11.1. The molecule has 5 heteroatoms. The molecule has 0 amide bonds. The van der Waals surface area contributed by atoms with E-state index in [1.165, 1.54) is 0 Å². The van der Waals surface area contributed by atoms with Crippen LogP contribution in [0.1, 0.15) is 25.8 Å². The van der Waals surface area contributed by atoms with E-state index < -0.39 is 0 Å². The molecule has 0 bridgehead atoms. The second kappa shape index (κ2) is 7.37. The van der Waals surface area contributed by atoms with Crippen molar-refractivity contribution in [2.45, 2.75) is 32.7 Å². The highest BCUT2D eigenvalue weighted by atomic mass is 32.2. The summed E-state index contributed by atoms with van der Waals surface area (Å²) in [6.07, 6.45) is 5.77. The lowest BCUT2D eigenvalue weighted by Crippen LogP contribution is -2.23. The Bertz CT molecular complexity index is 343. The van der Waals surface area contributed by atoms with Gasteiger partial charge in [-0.3, -0.25) is 0 Å². The average Bonchev–Trinajstić information content (AvgIpc) is 2.37. The van der Waals surface area contributed by atoms with Gasteiger partial charge in [0, 0.05) is 24.4 Å². The fourth-order valence-electron chi connectivity index (χ4n) is 1.74. The van der Waals surface area contributed by atoms with Crippen LogP contribution in [-0.2, 0) is 6.42 Å². The number of aromatic nitrogens is 2. The quantitative estimate of drug-likeness (QED) is 0.783. The molecule has 1 atom stereocenters. The third-order valence-electron chi connectivity index (χ3n) is 2.74. The third kappa shape index (κ3) is 3.77. The van der Waals surface area contributed by atoms with E-state index in [0.717, 1.165) is 35.8 Å². The van der Waals surface area contributed by atoms with Gasteiger partial charge >= 0.3 is 0 Å². The molecule has 2 N–H and O–H groups in total. The molecule has 0 aliphatic carbocycles. The summed E-state index contributed by atoms with van der Waals surface area (Å²) in [4.78, 5) is 8.60. The minimum atomic E-state index is 0.468. The molecular formula is C12H22N4S. The Morgan fingerprint density at radius 2 is 2.00 bits per heavy atom. The number of hydrogen-bond donors (Lipinski definition) is 2. The molecule has 17 heavy (non-hydrogen) atoms. The third-order valence-corrected chi connectivity index (χ3v) is 3.47. The Balaban J connectivity index is 2.88. The van der Waals surface area contributed by atoms with Crippen molar-refractivity contribution in [2.75, 3.05) is 29.7 Å². The largest absolute Gasteiger partial charge is 0.373 e. The van der Waals surface area contributed by atoms with E-state index in [2.05, 4.69) is 40.7 Å². The Kier molecular flexibility index (Phi) is 6.11. The Hall–Kier alpha value is -0.970. The van der Waals surface area contributed by atoms with Crippen LogP contribution in [0.4, 0.5) is 11.6 Å². The topological polar surface area (TPSA) is 49.8 Å². The number of nitrogens with zero attached hydrogens (tertiary/aromatic N) is 2. The van der Waals surface area contributed by atoms with E-state index >= 15 is 0 Å². The molecule has 1 heterocycles. The summed E-state index contributed by atoms with van der Waals surface area (Å²) in [7, 11) is 1.89. The van der Waals surface area contributed by atoms with Gasteiger partial charge in [0.25, 0.3) is 0 Å². The summed E-state index contributed by atoms with van der Waals surface area (Å²) in [5.74, 6) is 2.98. The molecule has 4 nitrogen and oxygen atoms in total. The molecule has 0 aromatic carbocycles. The first-order chi connectivity index (χ1) is 8.26. The summed E-state index contributed by atoms with van der Waals surface area (Å²) < 4.78 is 0. The zero-order chi connectivity index (χ0) is 12.7. The molecule has 0 fully saturated rings. The van der Waals surface area contributed by atoms with Gasteiger partial charge in [-0.05, 0) is 19.1 Å². The number of anilines is 2. The summed E-state index contributed by atoms with van der Waals surface area (Å²) in [6.45, 7) is 4.32. The van der Waals surface area contributed by atoms with Crippen LogP contribution in [0.5, 0.6) is 0 Å². The summed E-state index contributed by atoms with van der Waals surface area (Å²) in [6, 6.07) is 0.468. The van der Waals surface area contributed by atoms with E-state index in [4.69, 9.17) is 0 Å². The van der Waals surface area contributed by atoms with Crippen LogP contribution in [0.25, 0.3) is 0 Å². The van der Waals surface area contributed by atoms with Gasteiger partial charge in [-0.2, -0.15) is 11.8 Å². The lowest BCUT2D eigenvalue weighted by Gasteiger charge is -2.19. The highest BCUT2D eigenvalue weighted by Crippen LogP contribution is 2.21. The van der Waals surface area contributed by atoms with Crippen LogP contribution in [0.2, 0.25) is 0 Å². The standard InChI is InChI=1S/C12H22N4S/c1-5-9(7-17-4)16-12-10(6-2)11(13-3)14-8-15-12/h8-9H,5-7H2,1-4H3,(H2,13,14,15,16). The van der Waals surface area contributed by atoms with Gasteiger partial charge in [0.05, 0.1) is 0 Å². The lowest BCUT2D eigenvalue weighted by atomic mass is 10.2. The predicted octanol–water partition coefficient (Wildman–Crippen LogP) is 2.63. The highest BCUT2D eigenvalue weighted by molar-refractivity contribution is 7.98. The molecule has 0 aliphatic heterocycles. The Labute approximate surface area is 108 Å². The average molecular weight is 254 g/mol. The number of hydrogen-bond acceptors (Lipinski definition) is 5. The minimum Gasteiger partial charge on any atom is -0.373 e. The van der Waals surface area contributed by atoms with Crippen molar-refractivity contribution in [3.05, 3.63) is 11.9 Å². The number of rotatable bonds is 7. The van der Waals surface area contributed by atoms with Crippen molar-refractivity contribution in [1.29, 1.82) is 0 Å². The van der Waals surface area contributed by atoms with Gasteiger partial charge < -0.3 is 10.6 Å². The van der Waals surface area contributed by atoms with Crippen LogP contribution >= 0.6 is 11.8 Å². The fraction of sp³-hybridized carbons (Fsp3) is 0.667. The smallest absolute Gasteiger partial charge is 0.134 e. The highest BCUT2D eigenvalue weighted by Gasteiger charge is 2.12. The van der Waals surface area contributed by atoms with Crippen LogP contribution in [-0.4, -0.2) is 35.1 Å². The van der Waals surface area contributed by atoms with Crippen molar-refractivity contribution in [3.8, 4) is 0 Å². The van der Waals surface area contributed by atoms with Gasteiger partial charge in [-0.1, -0.05) is 13.8 Å². The van der Waals surface area contributed by atoms with Crippen LogP contribution in [0, 0.1) is 0 Å². The molecule has 96 valence electrons. The second-order valence-electron chi connectivity index (χ2n) is 3.86. The number of thioether (sulfide) groups is 1. The van der Waals surface area contributed by atoms with Crippen LogP contribution in [0.15, 0.2) is 6.33 Å². The van der Waals surface area contributed by atoms with E-state index in [1.54, 1.807) is 6.33 Å². The first kappa shape index (κ1) is 14.1. The Morgan fingerprint density at radius 3 is 2.53 bits per heavy atom. The predicted molar refractivity (Wildman–Crippen MR) is 77.0 cm³/mol. The van der Waals surface area contributed by atoms with Gasteiger partial charge in [0.15, 0.2) is 0 Å². The van der Waals surface area contributed by atoms with E-state index in [1.807, 2.05) is 18.8 Å². The molecule has 1 aromatic rings. The monoisotopic (exact) mass is 254 g/mol. The maximum absolute atomic E-state index is 4.36. The molecule has 0 saturated heterocycles. The van der Waals surface area contributed by atoms with Gasteiger partial charge in [-0.15, -0.1) is 0 Å². The second-order valence-corrected chi connectivity index (χ2v) is 4.77. The van der Waals surface area contributed by atoms with Crippen molar-refractivity contribution in [3.63, 3.8) is 0 Å². The van der Waals surface area contributed by atoms with E-state index in [0.29, 0.717) is 6.04 Å². The lowest BCUT2D eigenvalue weighted by molar-refractivity contribution is 0.766. The molecule has 0 radical (unpaired) electrons. The fourth-order valence-corrected chi connectivity index (χ4v) is 2.46. The van der Waals surface area contributed by atoms with Gasteiger partial charge in [0.1, 0.15) is 18.0 Å². The molecule has 0 saturated carbocycles. The van der Waals surface area contributed by atoms with Crippen molar-refractivity contribution >= 4 is 23.4 Å². The summed E-state index contributed by atoms with van der Waals surface area (Å²) in [5.41, 5.74) is 1.16. The minimum absolute atomic E-state index is 0.468. The van der Waals surface area contributed by atoms with Crippen LogP contribution in [0.3, 0.4) is 0 Å². The first-order valence-electron chi connectivity index (χ1n) is 6.03. The Morgan fingerprint density at radius 1 is 1.29 bits per heavy atom. The van der Waals surface area contributed by atoms with Gasteiger partial charge in [-0.25, -0.2) is 9.97 Å². The molecule has 1 unspecified atom stereocenters. The van der Waals surface area contributed by atoms with E-state index in [9.17, 15) is 0 Å². The van der Waals surface area contributed by atoms with Crippen LogP contribution < -0.4 is 10.6 Å². The zero-order valence-corrected chi connectivity index (χ0v) is 11.9. The summed E-state index contributed by atoms with van der Waals surface area (Å²) >= 11 is 1.86. The summed E-state index contributed by atoms with van der Waals surface area (Å²) in [5, 5.41) is 6.63. The molecule has 0 aliphatic rings.